The predicted molar refractivity (Wildman–Crippen MR) is 125 cm³/mol. The molecule has 3 aromatic carbocycles. The second-order valence-electron chi connectivity index (χ2n) is 6.74. The molecular formula is C24H18ClN5O2. The number of benzene rings is 3. The van der Waals surface area contributed by atoms with Crippen LogP contribution in [0.3, 0.4) is 0 Å². The Bertz CT molecular complexity index is 1250. The van der Waals surface area contributed by atoms with Crippen LogP contribution in [0.5, 0.6) is 0 Å². The van der Waals surface area contributed by atoms with Gasteiger partial charge in [0.25, 0.3) is 0 Å². The van der Waals surface area contributed by atoms with Crippen LogP contribution in [0.2, 0.25) is 5.02 Å². The van der Waals surface area contributed by atoms with Crippen molar-refractivity contribution in [3.8, 4) is 16.9 Å². The zero-order valence-corrected chi connectivity index (χ0v) is 17.5. The highest BCUT2D eigenvalue weighted by Gasteiger charge is 2.14. The Morgan fingerprint density at radius 3 is 2.22 bits per heavy atom. The van der Waals surface area contributed by atoms with Crippen molar-refractivity contribution >= 4 is 35.3 Å². The molecule has 7 nitrogen and oxygen atoms in total. The Morgan fingerprint density at radius 1 is 0.875 bits per heavy atom. The normalized spacial score (nSPS) is 10.8. The summed E-state index contributed by atoms with van der Waals surface area (Å²) in [6.45, 7) is 0. The van der Waals surface area contributed by atoms with E-state index in [1.165, 1.54) is 6.21 Å². The second kappa shape index (κ2) is 9.72. The third-order valence-corrected chi connectivity index (χ3v) is 4.74. The number of carbonyl (C=O) groups is 2. The molecule has 158 valence electrons. The average molecular weight is 444 g/mol. The second-order valence-corrected chi connectivity index (χ2v) is 7.18. The number of hydrogen-bond donors (Lipinski definition) is 2. The number of halogens is 1. The molecule has 0 radical (unpaired) electrons. The van der Waals surface area contributed by atoms with E-state index >= 15 is 0 Å². The lowest BCUT2D eigenvalue weighted by Crippen LogP contribution is -2.32. The van der Waals surface area contributed by atoms with Gasteiger partial charge in [-0.1, -0.05) is 60.1 Å². The summed E-state index contributed by atoms with van der Waals surface area (Å²) in [7, 11) is 0. The third kappa shape index (κ3) is 5.08. The number of anilines is 1. The van der Waals surface area contributed by atoms with Gasteiger partial charge in [-0.2, -0.15) is 10.2 Å². The van der Waals surface area contributed by atoms with Gasteiger partial charge in [-0.25, -0.2) is 10.1 Å². The summed E-state index contributed by atoms with van der Waals surface area (Å²) in [4.78, 5) is 24.2. The van der Waals surface area contributed by atoms with E-state index in [0.717, 1.165) is 11.3 Å². The summed E-state index contributed by atoms with van der Waals surface area (Å²) in [5.74, 6) is -1.74. The number of hydrogen-bond acceptors (Lipinski definition) is 4. The van der Waals surface area contributed by atoms with Crippen LogP contribution in [-0.4, -0.2) is 27.8 Å². The van der Waals surface area contributed by atoms with Crippen LogP contribution in [-0.2, 0) is 9.59 Å². The molecule has 0 aliphatic rings. The van der Waals surface area contributed by atoms with Gasteiger partial charge >= 0.3 is 11.8 Å². The van der Waals surface area contributed by atoms with Crippen molar-refractivity contribution in [2.24, 2.45) is 5.10 Å². The Balaban J connectivity index is 1.51. The molecule has 0 spiro atoms. The van der Waals surface area contributed by atoms with Crippen molar-refractivity contribution < 1.29 is 9.59 Å². The topological polar surface area (TPSA) is 88.4 Å². The molecule has 0 unspecified atom stereocenters. The first-order valence-corrected chi connectivity index (χ1v) is 10.1. The van der Waals surface area contributed by atoms with Gasteiger partial charge in [0, 0.05) is 28.0 Å². The van der Waals surface area contributed by atoms with Gasteiger partial charge in [0.05, 0.1) is 11.9 Å². The molecule has 0 aliphatic carbocycles. The number of rotatable bonds is 5. The highest BCUT2D eigenvalue weighted by atomic mass is 35.5. The van der Waals surface area contributed by atoms with Crippen LogP contribution in [0.25, 0.3) is 16.9 Å². The number of carbonyl (C=O) groups excluding carboxylic acids is 2. The van der Waals surface area contributed by atoms with Crippen molar-refractivity contribution in [2.75, 3.05) is 5.32 Å². The molecule has 2 N–H and O–H groups in total. The van der Waals surface area contributed by atoms with Crippen LogP contribution in [0.4, 0.5) is 5.69 Å². The van der Waals surface area contributed by atoms with E-state index in [9.17, 15) is 9.59 Å². The van der Waals surface area contributed by atoms with E-state index in [1.807, 2.05) is 60.7 Å². The number of aromatic nitrogens is 2. The summed E-state index contributed by atoms with van der Waals surface area (Å²) in [6, 6.07) is 25.7. The number of hydrazone groups is 1. The van der Waals surface area contributed by atoms with Crippen LogP contribution in [0, 0.1) is 0 Å². The number of nitrogens with one attached hydrogen (secondary N) is 2. The monoisotopic (exact) mass is 443 g/mol. The summed E-state index contributed by atoms with van der Waals surface area (Å²) in [5, 5.41) is 11.6. The van der Waals surface area contributed by atoms with E-state index in [2.05, 4.69) is 20.9 Å². The highest BCUT2D eigenvalue weighted by Crippen LogP contribution is 2.22. The van der Waals surface area contributed by atoms with E-state index in [-0.39, 0.29) is 0 Å². The number of para-hydroxylation sites is 1. The Morgan fingerprint density at radius 2 is 1.53 bits per heavy atom. The molecule has 4 aromatic rings. The first-order valence-electron chi connectivity index (χ1n) is 9.70. The maximum Gasteiger partial charge on any atom is 0.329 e. The molecule has 1 heterocycles. The molecule has 0 fully saturated rings. The summed E-state index contributed by atoms with van der Waals surface area (Å²) in [5.41, 5.74) is 5.85. The zero-order chi connectivity index (χ0) is 22.3. The smallest absolute Gasteiger partial charge is 0.318 e. The maximum absolute atomic E-state index is 12.1. The molecule has 8 heteroatoms. The molecule has 2 amide bonds. The lowest BCUT2D eigenvalue weighted by Gasteiger charge is -2.03. The summed E-state index contributed by atoms with van der Waals surface area (Å²) < 4.78 is 1.73. The van der Waals surface area contributed by atoms with Crippen LogP contribution < -0.4 is 10.7 Å². The standard InChI is InChI=1S/C24H18ClN5O2/c25-19-11-13-20(14-12-19)27-23(31)24(32)28-26-15-18-16-30(21-9-5-2-6-10-21)29-22(18)17-7-3-1-4-8-17/h1-16H,(H,27,31)(H,28,32)/b26-15+. The first-order chi connectivity index (χ1) is 15.6. The molecule has 0 saturated heterocycles. The average Bonchev–Trinajstić information content (AvgIpc) is 3.26. The van der Waals surface area contributed by atoms with Gasteiger partial charge in [0.2, 0.25) is 0 Å². The van der Waals surface area contributed by atoms with Crippen LogP contribution >= 0.6 is 11.6 Å². The van der Waals surface area contributed by atoms with E-state index < -0.39 is 11.8 Å². The molecule has 32 heavy (non-hydrogen) atoms. The van der Waals surface area contributed by atoms with Gasteiger partial charge in [-0.3, -0.25) is 9.59 Å². The van der Waals surface area contributed by atoms with Gasteiger partial charge in [0.1, 0.15) is 5.69 Å². The lowest BCUT2D eigenvalue weighted by atomic mass is 10.1. The fourth-order valence-electron chi connectivity index (χ4n) is 2.95. The SMILES string of the molecule is O=C(N/N=C/c1cn(-c2ccccc2)nc1-c1ccccc1)C(=O)Nc1ccc(Cl)cc1. The number of amides is 2. The minimum atomic E-state index is -0.895. The highest BCUT2D eigenvalue weighted by molar-refractivity contribution is 6.39. The van der Waals surface area contributed by atoms with Crippen molar-refractivity contribution in [3.63, 3.8) is 0 Å². The van der Waals surface area contributed by atoms with Crippen molar-refractivity contribution in [3.05, 3.63) is 102 Å². The third-order valence-electron chi connectivity index (χ3n) is 4.49. The van der Waals surface area contributed by atoms with Crippen molar-refractivity contribution in [1.82, 2.24) is 15.2 Å². The molecule has 0 bridgehead atoms. The quantitative estimate of drug-likeness (QED) is 0.274. The minimum Gasteiger partial charge on any atom is -0.318 e. The van der Waals surface area contributed by atoms with Crippen molar-refractivity contribution in [2.45, 2.75) is 0 Å². The molecule has 1 aromatic heterocycles. The molecule has 0 atom stereocenters. The van der Waals surface area contributed by atoms with Gasteiger partial charge in [-0.05, 0) is 36.4 Å². The maximum atomic E-state index is 12.1. The molecule has 0 saturated carbocycles. The number of nitrogens with zero attached hydrogens (tertiary/aromatic N) is 3. The lowest BCUT2D eigenvalue weighted by molar-refractivity contribution is -0.136. The van der Waals surface area contributed by atoms with Crippen molar-refractivity contribution in [1.29, 1.82) is 0 Å². The molecular weight excluding hydrogens is 426 g/mol. The van der Waals surface area contributed by atoms with Crippen LogP contribution in [0.15, 0.2) is 96.2 Å². The van der Waals surface area contributed by atoms with E-state index in [4.69, 9.17) is 11.6 Å². The largest absolute Gasteiger partial charge is 0.329 e. The summed E-state index contributed by atoms with van der Waals surface area (Å²) >= 11 is 5.82. The fraction of sp³-hybridized carbons (Fsp3) is 0. The van der Waals surface area contributed by atoms with Gasteiger partial charge < -0.3 is 5.32 Å². The Hall–Kier alpha value is -4.23. The van der Waals surface area contributed by atoms with Gasteiger partial charge in [-0.15, -0.1) is 0 Å². The first kappa shape index (κ1) is 21.0. The van der Waals surface area contributed by atoms with E-state index in [1.54, 1.807) is 35.1 Å². The molecule has 4 rings (SSSR count). The zero-order valence-electron chi connectivity index (χ0n) is 16.8. The fourth-order valence-corrected chi connectivity index (χ4v) is 3.07. The summed E-state index contributed by atoms with van der Waals surface area (Å²) in [6.07, 6.45) is 3.27. The Labute approximate surface area is 189 Å². The van der Waals surface area contributed by atoms with Crippen LogP contribution in [0.1, 0.15) is 5.56 Å². The van der Waals surface area contributed by atoms with E-state index in [0.29, 0.717) is 22.0 Å². The molecule has 0 aliphatic heterocycles. The minimum absolute atomic E-state index is 0.453. The predicted octanol–water partition coefficient (Wildman–Crippen LogP) is 4.28. The Kier molecular flexibility index (Phi) is 6.38. The van der Waals surface area contributed by atoms with Gasteiger partial charge in [0.15, 0.2) is 0 Å².